The molecule has 1 heterocycles. The van der Waals surface area contributed by atoms with Gasteiger partial charge in [0.1, 0.15) is 5.69 Å². The number of rotatable bonds is 4. The van der Waals surface area contributed by atoms with Crippen LogP contribution in [0.3, 0.4) is 0 Å². The topological polar surface area (TPSA) is 95.8 Å². The van der Waals surface area contributed by atoms with Gasteiger partial charge in [-0.3, -0.25) is 19.7 Å². The highest BCUT2D eigenvalue weighted by molar-refractivity contribution is 6.05. The van der Waals surface area contributed by atoms with Crippen molar-refractivity contribution >= 4 is 28.9 Å². The molecule has 0 atom stereocenters. The number of carbonyl (C=O) groups excluding carboxylic acids is 2. The van der Waals surface area contributed by atoms with E-state index in [0.717, 1.165) is 11.1 Å². The SMILES string of the molecule is CC(=O)N1CCN(c2ccc(C(=O)Nc3ccc(C)cc3C)cc2[N+](=O)[O-])CC1. The predicted octanol–water partition coefficient (Wildman–Crippen LogP) is 3.13. The number of nitro benzene ring substituents is 1. The lowest BCUT2D eigenvalue weighted by molar-refractivity contribution is -0.384. The molecule has 0 aliphatic carbocycles. The zero-order valence-corrected chi connectivity index (χ0v) is 16.8. The Morgan fingerprint density at radius 3 is 2.31 bits per heavy atom. The van der Waals surface area contributed by atoms with Gasteiger partial charge < -0.3 is 15.1 Å². The van der Waals surface area contributed by atoms with Crippen LogP contribution in [-0.2, 0) is 4.79 Å². The molecule has 1 aliphatic heterocycles. The Morgan fingerprint density at radius 2 is 1.72 bits per heavy atom. The maximum atomic E-state index is 12.6. The Kier molecular flexibility index (Phi) is 5.81. The van der Waals surface area contributed by atoms with Crippen molar-refractivity contribution in [2.45, 2.75) is 20.8 Å². The number of nitro groups is 1. The molecule has 1 fully saturated rings. The van der Waals surface area contributed by atoms with Gasteiger partial charge in [-0.25, -0.2) is 0 Å². The fraction of sp³-hybridized carbons (Fsp3) is 0.333. The van der Waals surface area contributed by atoms with Crippen molar-refractivity contribution in [3.05, 3.63) is 63.2 Å². The molecule has 1 saturated heterocycles. The van der Waals surface area contributed by atoms with Gasteiger partial charge in [0.15, 0.2) is 0 Å². The van der Waals surface area contributed by atoms with Crippen molar-refractivity contribution in [1.82, 2.24) is 4.90 Å². The molecule has 1 N–H and O–H groups in total. The van der Waals surface area contributed by atoms with E-state index < -0.39 is 10.8 Å². The molecule has 29 heavy (non-hydrogen) atoms. The molecule has 8 nitrogen and oxygen atoms in total. The van der Waals surface area contributed by atoms with E-state index >= 15 is 0 Å². The molecule has 152 valence electrons. The number of aryl methyl sites for hydroxylation is 2. The third-order valence-corrected chi connectivity index (χ3v) is 5.13. The number of nitrogens with zero attached hydrogens (tertiary/aromatic N) is 3. The predicted molar refractivity (Wildman–Crippen MR) is 111 cm³/mol. The minimum Gasteiger partial charge on any atom is -0.362 e. The molecule has 0 saturated carbocycles. The largest absolute Gasteiger partial charge is 0.362 e. The van der Waals surface area contributed by atoms with E-state index in [1.54, 1.807) is 17.0 Å². The molecule has 1 aliphatic rings. The Labute approximate surface area is 169 Å². The van der Waals surface area contributed by atoms with Crippen molar-refractivity contribution in [1.29, 1.82) is 0 Å². The van der Waals surface area contributed by atoms with Gasteiger partial charge in [-0.05, 0) is 37.6 Å². The molecule has 3 rings (SSSR count). The van der Waals surface area contributed by atoms with Gasteiger partial charge >= 0.3 is 0 Å². The van der Waals surface area contributed by atoms with Gasteiger partial charge in [-0.1, -0.05) is 17.7 Å². The van der Waals surface area contributed by atoms with Crippen LogP contribution in [0.4, 0.5) is 17.1 Å². The van der Waals surface area contributed by atoms with Gasteiger partial charge in [0.2, 0.25) is 5.91 Å². The Bertz CT molecular complexity index is 965. The summed E-state index contributed by atoms with van der Waals surface area (Å²) in [4.78, 5) is 38.9. The number of piperazine rings is 1. The minimum atomic E-state index is -0.472. The standard InChI is InChI=1S/C21H24N4O4/c1-14-4-6-18(15(2)12-14)22-21(27)17-5-7-19(20(13-17)25(28)29)24-10-8-23(9-11-24)16(3)26/h4-7,12-13H,8-11H2,1-3H3,(H,22,27). The summed E-state index contributed by atoms with van der Waals surface area (Å²) in [7, 11) is 0. The average Bonchev–Trinajstić information content (AvgIpc) is 2.69. The average molecular weight is 396 g/mol. The van der Waals surface area contributed by atoms with Crippen LogP contribution in [-0.4, -0.2) is 47.8 Å². The van der Waals surface area contributed by atoms with Crippen LogP contribution in [0.15, 0.2) is 36.4 Å². The lowest BCUT2D eigenvalue weighted by Crippen LogP contribution is -2.48. The smallest absolute Gasteiger partial charge is 0.293 e. The molecule has 2 amide bonds. The zero-order valence-electron chi connectivity index (χ0n) is 16.8. The summed E-state index contributed by atoms with van der Waals surface area (Å²) in [5.41, 5.74) is 3.25. The second-order valence-electron chi connectivity index (χ2n) is 7.23. The van der Waals surface area contributed by atoms with Gasteiger partial charge in [0.25, 0.3) is 11.6 Å². The van der Waals surface area contributed by atoms with Crippen LogP contribution in [0.25, 0.3) is 0 Å². The van der Waals surface area contributed by atoms with Crippen molar-refractivity contribution in [3.63, 3.8) is 0 Å². The molecule has 2 aromatic rings. The third kappa shape index (κ3) is 4.53. The molecular weight excluding hydrogens is 372 g/mol. The zero-order chi connectivity index (χ0) is 21.1. The summed E-state index contributed by atoms with van der Waals surface area (Å²) in [5, 5.41) is 14.5. The van der Waals surface area contributed by atoms with Crippen molar-refractivity contribution in [3.8, 4) is 0 Å². The number of hydrogen-bond donors (Lipinski definition) is 1. The second kappa shape index (κ2) is 8.30. The van der Waals surface area contributed by atoms with E-state index in [2.05, 4.69) is 5.32 Å². The minimum absolute atomic E-state index is 0.00225. The summed E-state index contributed by atoms with van der Waals surface area (Å²) < 4.78 is 0. The Morgan fingerprint density at radius 1 is 1.03 bits per heavy atom. The Balaban J connectivity index is 1.81. The highest BCUT2D eigenvalue weighted by Crippen LogP contribution is 2.30. The second-order valence-corrected chi connectivity index (χ2v) is 7.23. The quantitative estimate of drug-likeness (QED) is 0.633. The highest BCUT2D eigenvalue weighted by atomic mass is 16.6. The van der Waals surface area contributed by atoms with Crippen molar-refractivity contribution in [2.75, 3.05) is 36.4 Å². The summed E-state index contributed by atoms with van der Waals surface area (Å²) in [5.74, 6) is -0.398. The molecule has 0 radical (unpaired) electrons. The first-order valence-corrected chi connectivity index (χ1v) is 9.44. The van der Waals surface area contributed by atoms with Gasteiger partial charge in [-0.2, -0.15) is 0 Å². The van der Waals surface area contributed by atoms with E-state index in [0.29, 0.717) is 37.6 Å². The van der Waals surface area contributed by atoms with E-state index in [9.17, 15) is 19.7 Å². The first-order valence-electron chi connectivity index (χ1n) is 9.44. The van der Waals surface area contributed by atoms with Crippen molar-refractivity contribution in [2.24, 2.45) is 0 Å². The number of nitrogens with one attached hydrogen (secondary N) is 1. The number of amides is 2. The highest BCUT2D eigenvalue weighted by Gasteiger charge is 2.26. The molecule has 2 aromatic carbocycles. The van der Waals surface area contributed by atoms with E-state index in [-0.39, 0.29) is 17.2 Å². The third-order valence-electron chi connectivity index (χ3n) is 5.13. The molecule has 0 bridgehead atoms. The van der Waals surface area contributed by atoms with Gasteiger partial charge in [0.05, 0.1) is 4.92 Å². The summed E-state index contributed by atoms with van der Waals surface area (Å²) >= 11 is 0. The van der Waals surface area contributed by atoms with Crippen LogP contribution in [0.5, 0.6) is 0 Å². The maximum absolute atomic E-state index is 12.6. The van der Waals surface area contributed by atoms with Crippen LogP contribution in [0.1, 0.15) is 28.4 Å². The molecule has 0 aromatic heterocycles. The number of hydrogen-bond acceptors (Lipinski definition) is 5. The van der Waals surface area contributed by atoms with E-state index in [1.807, 2.05) is 36.9 Å². The lowest BCUT2D eigenvalue weighted by Gasteiger charge is -2.35. The molecule has 8 heteroatoms. The fourth-order valence-corrected chi connectivity index (χ4v) is 3.49. The first kappa shape index (κ1) is 20.3. The van der Waals surface area contributed by atoms with Crippen molar-refractivity contribution < 1.29 is 14.5 Å². The van der Waals surface area contributed by atoms with E-state index in [4.69, 9.17) is 0 Å². The van der Waals surface area contributed by atoms with Crippen LogP contribution in [0, 0.1) is 24.0 Å². The fourth-order valence-electron chi connectivity index (χ4n) is 3.49. The van der Waals surface area contributed by atoms with Gasteiger partial charge in [0, 0.05) is 50.4 Å². The molecule has 0 spiro atoms. The summed E-state index contributed by atoms with van der Waals surface area (Å²) in [6.07, 6.45) is 0. The normalized spacial score (nSPS) is 13.9. The van der Waals surface area contributed by atoms with Gasteiger partial charge in [-0.15, -0.1) is 0 Å². The van der Waals surface area contributed by atoms with Crippen LogP contribution in [0.2, 0.25) is 0 Å². The first-order chi connectivity index (χ1) is 13.8. The van der Waals surface area contributed by atoms with Crippen LogP contribution >= 0.6 is 0 Å². The monoisotopic (exact) mass is 396 g/mol. The summed E-state index contributed by atoms with van der Waals surface area (Å²) in [6.45, 7) is 7.43. The Hall–Kier alpha value is -3.42. The summed E-state index contributed by atoms with van der Waals surface area (Å²) in [6, 6.07) is 10.2. The number of anilines is 2. The molecule has 0 unspecified atom stereocenters. The molecular formula is C21H24N4O4. The maximum Gasteiger partial charge on any atom is 0.293 e. The van der Waals surface area contributed by atoms with E-state index in [1.165, 1.54) is 13.0 Å². The number of carbonyl (C=O) groups is 2. The lowest BCUT2D eigenvalue weighted by atomic mass is 10.1. The van der Waals surface area contributed by atoms with Crippen LogP contribution < -0.4 is 10.2 Å². The number of benzene rings is 2.